The fourth-order valence-corrected chi connectivity index (χ4v) is 4.49. The van der Waals surface area contributed by atoms with E-state index in [1.165, 1.54) is 17.0 Å². The number of alkyl halides is 6. The van der Waals surface area contributed by atoms with Gasteiger partial charge in [-0.2, -0.15) is 31.4 Å². The Morgan fingerprint density at radius 1 is 0.929 bits per heavy atom. The molecular formula is C27H21F6N7O2. The zero-order valence-electron chi connectivity index (χ0n) is 21.4. The van der Waals surface area contributed by atoms with Gasteiger partial charge >= 0.3 is 18.4 Å². The molecule has 0 spiro atoms. The Balaban J connectivity index is 1.28. The van der Waals surface area contributed by atoms with Crippen LogP contribution in [-0.2, 0) is 25.3 Å². The third-order valence-electron chi connectivity index (χ3n) is 6.56. The molecule has 3 amide bonds. The minimum absolute atomic E-state index is 0.119. The minimum Gasteiger partial charge on any atom is -0.365 e. The van der Waals surface area contributed by atoms with Crippen molar-refractivity contribution in [1.29, 1.82) is 0 Å². The number of carbonyl (C=O) groups excluding carboxylic acids is 2. The third kappa shape index (κ3) is 5.99. The average molecular weight is 590 g/mol. The molecule has 5 N–H and O–H groups in total. The number of nitrogens with zero attached hydrogens (tertiary/aromatic N) is 3. The molecule has 9 nitrogen and oxygen atoms in total. The molecule has 0 unspecified atom stereocenters. The number of rotatable bonds is 5. The summed E-state index contributed by atoms with van der Waals surface area (Å²) >= 11 is 0. The number of nitrogens with one attached hydrogen (secondary N) is 3. The van der Waals surface area contributed by atoms with Crippen LogP contribution >= 0.6 is 0 Å². The first-order chi connectivity index (χ1) is 19.8. The molecular weight excluding hydrogens is 568 g/mol. The summed E-state index contributed by atoms with van der Waals surface area (Å²) in [6, 6.07) is 12.5. The largest absolute Gasteiger partial charge is 0.433 e. The number of pyridine rings is 1. The Kier molecular flexibility index (Phi) is 7.26. The Labute approximate surface area is 233 Å². The SMILES string of the molecule is NC(=O)c1c(Nc2cccc(C(F)(F)F)n2)n[nH]c1-c1ccc(NC(=O)N2CCc3cc(C(F)(F)F)ccc3C2)cc1. The van der Waals surface area contributed by atoms with Gasteiger partial charge in [0.15, 0.2) is 5.82 Å². The number of aromatic nitrogens is 3. The molecule has 0 atom stereocenters. The molecule has 2 aromatic carbocycles. The molecule has 0 saturated heterocycles. The second-order valence-electron chi connectivity index (χ2n) is 9.38. The lowest BCUT2D eigenvalue weighted by Crippen LogP contribution is -2.39. The Hall–Kier alpha value is -5.08. The van der Waals surface area contributed by atoms with E-state index in [1.807, 2.05) is 0 Å². The molecule has 0 fully saturated rings. The standard InChI is InChI=1S/C27H21F6N7O2/c28-26(29,30)17-7-4-16-13-40(11-10-15(16)12-17)25(42)35-18-8-5-14(6-9-18)22-21(23(34)41)24(39-38-22)37-20-3-1-2-19(36-20)27(31,32)33/h1-9,12H,10-11,13H2,(H2,34,41)(H,35,42)(H2,36,37,38,39). The number of benzene rings is 2. The van der Waals surface area contributed by atoms with Crippen molar-refractivity contribution in [2.75, 3.05) is 17.2 Å². The molecule has 0 bridgehead atoms. The van der Waals surface area contributed by atoms with Crippen LogP contribution in [-0.4, -0.2) is 38.6 Å². The molecule has 1 aliphatic heterocycles. The molecule has 218 valence electrons. The zero-order valence-corrected chi connectivity index (χ0v) is 21.4. The van der Waals surface area contributed by atoms with Crippen molar-refractivity contribution in [3.05, 3.63) is 88.6 Å². The second kappa shape index (κ2) is 10.7. The number of H-pyrrole nitrogens is 1. The number of aromatic amines is 1. The van der Waals surface area contributed by atoms with Gasteiger partial charge in [-0.05, 0) is 53.9 Å². The summed E-state index contributed by atoms with van der Waals surface area (Å²) in [6.07, 6.45) is -8.84. The number of primary amides is 1. The number of hydrogen-bond acceptors (Lipinski definition) is 5. The van der Waals surface area contributed by atoms with E-state index in [9.17, 15) is 35.9 Å². The van der Waals surface area contributed by atoms with Gasteiger partial charge < -0.3 is 21.3 Å². The maximum Gasteiger partial charge on any atom is 0.433 e. The Bertz CT molecular complexity index is 1650. The number of hydrogen-bond donors (Lipinski definition) is 4. The van der Waals surface area contributed by atoms with Gasteiger partial charge in [0.1, 0.15) is 17.1 Å². The van der Waals surface area contributed by atoms with Crippen LogP contribution in [0.2, 0.25) is 0 Å². The third-order valence-corrected chi connectivity index (χ3v) is 6.56. The first-order valence-electron chi connectivity index (χ1n) is 12.3. The molecule has 0 saturated carbocycles. The molecule has 4 aromatic rings. The number of fused-ring (bicyclic) bond motifs is 1. The van der Waals surface area contributed by atoms with Crippen LogP contribution in [0.25, 0.3) is 11.3 Å². The average Bonchev–Trinajstić information content (AvgIpc) is 3.35. The first kappa shape index (κ1) is 28.4. The molecule has 0 radical (unpaired) electrons. The molecule has 5 rings (SSSR count). The van der Waals surface area contributed by atoms with E-state index >= 15 is 0 Å². The highest BCUT2D eigenvalue weighted by Gasteiger charge is 2.33. The molecule has 3 heterocycles. The maximum atomic E-state index is 13.0. The van der Waals surface area contributed by atoms with Crippen molar-refractivity contribution in [2.24, 2.45) is 5.73 Å². The van der Waals surface area contributed by atoms with Gasteiger partial charge in [-0.1, -0.05) is 24.3 Å². The van der Waals surface area contributed by atoms with E-state index in [0.717, 1.165) is 24.3 Å². The quantitative estimate of drug-likeness (QED) is 0.214. The Morgan fingerprint density at radius 3 is 2.33 bits per heavy atom. The molecule has 15 heteroatoms. The second-order valence-corrected chi connectivity index (χ2v) is 9.38. The summed E-state index contributed by atoms with van der Waals surface area (Å²) in [6.45, 7) is 0.370. The van der Waals surface area contributed by atoms with Gasteiger partial charge in [-0.15, -0.1) is 0 Å². The summed E-state index contributed by atoms with van der Waals surface area (Å²) in [4.78, 5) is 30.0. The van der Waals surface area contributed by atoms with Crippen molar-refractivity contribution < 1.29 is 35.9 Å². The van der Waals surface area contributed by atoms with Crippen LogP contribution < -0.4 is 16.4 Å². The predicted octanol–water partition coefficient (Wildman–Crippen LogP) is 5.94. The van der Waals surface area contributed by atoms with E-state index in [1.54, 1.807) is 24.3 Å². The number of carbonyl (C=O) groups is 2. The number of anilines is 3. The van der Waals surface area contributed by atoms with Crippen molar-refractivity contribution in [3.8, 4) is 11.3 Å². The molecule has 1 aliphatic rings. The summed E-state index contributed by atoms with van der Waals surface area (Å²) in [5.74, 6) is -1.24. The summed E-state index contributed by atoms with van der Waals surface area (Å²) in [5, 5.41) is 11.9. The zero-order chi connectivity index (χ0) is 30.2. The molecule has 2 aromatic heterocycles. The highest BCUT2D eigenvalue weighted by Crippen LogP contribution is 2.33. The van der Waals surface area contributed by atoms with Crippen molar-refractivity contribution in [2.45, 2.75) is 25.3 Å². The van der Waals surface area contributed by atoms with E-state index in [0.29, 0.717) is 22.4 Å². The van der Waals surface area contributed by atoms with Gasteiger partial charge in [0, 0.05) is 24.3 Å². The topological polar surface area (TPSA) is 129 Å². The van der Waals surface area contributed by atoms with E-state index in [-0.39, 0.29) is 42.4 Å². The summed E-state index contributed by atoms with van der Waals surface area (Å²) in [5.41, 5.74) is 5.74. The predicted molar refractivity (Wildman–Crippen MR) is 140 cm³/mol. The van der Waals surface area contributed by atoms with Gasteiger partial charge in [-0.25, -0.2) is 9.78 Å². The first-order valence-corrected chi connectivity index (χ1v) is 12.3. The number of halogens is 6. The van der Waals surface area contributed by atoms with Crippen molar-refractivity contribution >= 4 is 29.3 Å². The Morgan fingerprint density at radius 2 is 1.67 bits per heavy atom. The van der Waals surface area contributed by atoms with Gasteiger partial charge in [0.2, 0.25) is 0 Å². The maximum absolute atomic E-state index is 13.0. The van der Waals surface area contributed by atoms with Crippen LogP contribution in [0.15, 0.2) is 60.7 Å². The van der Waals surface area contributed by atoms with Crippen LogP contribution in [0, 0.1) is 0 Å². The fraction of sp³-hybridized carbons (Fsp3) is 0.185. The van der Waals surface area contributed by atoms with Gasteiger partial charge in [0.05, 0.1) is 11.3 Å². The van der Waals surface area contributed by atoms with Gasteiger partial charge in [0.25, 0.3) is 5.91 Å². The van der Waals surface area contributed by atoms with E-state index in [4.69, 9.17) is 5.73 Å². The minimum atomic E-state index is -4.67. The fourth-order valence-electron chi connectivity index (χ4n) is 4.49. The highest BCUT2D eigenvalue weighted by atomic mass is 19.4. The van der Waals surface area contributed by atoms with Crippen molar-refractivity contribution in [1.82, 2.24) is 20.1 Å². The van der Waals surface area contributed by atoms with Crippen LogP contribution in [0.4, 0.5) is 48.5 Å². The molecule has 0 aliphatic carbocycles. The normalized spacial score (nSPS) is 13.4. The molecule has 42 heavy (non-hydrogen) atoms. The van der Waals surface area contributed by atoms with E-state index in [2.05, 4.69) is 25.8 Å². The summed E-state index contributed by atoms with van der Waals surface area (Å²) < 4.78 is 78.0. The van der Waals surface area contributed by atoms with E-state index < -0.39 is 35.5 Å². The van der Waals surface area contributed by atoms with Crippen LogP contribution in [0.1, 0.15) is 32.7 Å². The van der Waals surface area contributed by atoms with Crippen LogP contribution in [0.5, 0.6) is 0 Å². The number of nitrogens with two attached hydrogens (primary N) is 1. The summed E-state index contributed by atoms with van der Waals surface area (Å²) in [7, 11) is 0. The lowest BCUT2D eigenvalue weighted by atomic mass is 9.97. The highest BCUT2D eigenvalue weighted by molar-refractivity contribution is 6.04. The number of urea groups is 1. The number of amides is 3. The van der Waals surface area contributed by atoms with Gasteiger partial charge in [-0.3, -0.25) is 9.89 Å². The smallest absolute Gasteiger partial charge is 0.365 e. The lowest BCUT2D eigenvalue weighted by molar-refractivity contribution is -0.141. The van der Waals surface area contributed by atoms with Crippen LogP contribution in [0.3, 0.4) is 0 Å². The van der Waals surface area contributed by atoms with Crippen molar-refractivity contribution in [3.63, 3.8) is 0 Å². The monoisotopic (exact) mass is 589 g/mol. The lowest BCUT2D eigenvalue weighted by Gasteiger charge is -2.29.